The average molecular weight is 209 g/mol. The molecule has 15 heavy (non-hydrogen) atoms. The Labute approximate surface area is 87.0 Å². The fraction of sp³-hybridized carbons (Fsp3) is 0.200. The second kappa shape index (κ2) is 4.99. The topological polar surface area (TPSA) is 64.6 Å². The van der Waals surface area contributed by atoms with Crippen molar-refractivity contribution in [1.82, 2.24) is 0 Å². The summed E-state index contributed by atoms with van der Waals surface area (Å²) in [5.41, 5.74) is 0.567. The smallest absolute Gasteiger partial charge is 0.411 e. The van der Waals surface area contributed by atoms with Gasteiger partial charge in [-0.25, -0.2) is 4.79 Å². The quantitative estimate of drug-likeness (QED) is 0.595. The van der Waals surface area contributed by atoms with Crippen molar-refractivity contribution in [2.45, 2.75) is 6.92 Å². The SMILES string of the molecule is COC(=O)Nc1ccc(OC(C)=O)cc1. The number of benzene rings is 1. The molecule has 0 bridgehead atoms. The average Bonchev–Trinajstić information content (AvgIpc) is 2.20. The summed E-state index contributed by atoms with van der Waals surface area (Å²) >= 11 is 0. The first-order valence-electron chi connectivity index (χ1n) is 4.25. The zero-order valence-corrected chi connectivity index (χ0v) is 8.44. The second-order valence-electron chi connectivity index (χ2n) is 2.73. The molecule has 0 saturated carbocycles. The van der Waals surface area contributed by atoms with Crippen molar-refractivity contribution < 1.29 is 19.1 Å². The van der Waals surface area contributed by atoms with Crippen LogP contribution in [0.15, 0.2) is 24.3 Å². The van der Waals surface area contributed by atoms with E-state index >= 15 is 0 Å². The van der Waals surface area contributed by atoms with E-state index in [0.717, 1.165) is 0 Å². The van der Waals surface area contributed by atoms with Crippen LogP contribution in [0.25, 0.3) is 0 Å². The monoisotopic (exact) mass is 209 g/mol. The van der Waals surface area contributed by atoms with Crippen LogP contribution < -0.4 is 10.1 Å². The van der Waals surface area contributed by atoms with Gasteiger partial charge in [0.15, 0.2) is 0 Å². The highest BCUT2D eigenvalue weighted by Crippen LogP contribution is 2.15. The fourth-order valence-electron chi connectivity index (χ4n) is 0.941. The lowest BCUT2D eigenvalue weighted by atomic mass is 10.3. The van der Waals surface area contributed by atoms with E-state index in [1.165, 1.54) is 14.0 Å². The van der Waals surface area contributed by atoms with Gasteiger partial charge >= 0.3 is 12.1 Å². The van der Waals surface area contributed by atoms with Crippen molar-refractivity contribution in [2.75, 3.05) is 12.4 Å². The van der Waals surface area contributed by atoms with Crippen LogP contribution in [0.5, 0.6) is 5.75 Å². The minimum absolute atomic E-state index is 0.385. The summed E-state index contributed by atoms with van der Waals surface area (Å²) in [7, 11) is 1.28. The first-order valence-corrected chi connectivity index (χ1v) is 4.25. The molecule has 0 fully saturated rings. The number of hydrogen-bond donors (Lipinski definition) is 1. The molecule has 0 radical (unpaired) electrons. The molecule has 1 rings (SSSR count). The third-order valence-electron chi connectivity index (χ3n) is 1.55. The Morgan fingerprint density at radius 1 is 1.20 bits per heavy atom. The Morgan fingerprint density at radius 3 is 2.27 bits per heavy atom. The molecular formula is C10H11NO4. The zero-order valence-electron chi connectivity index (χ0n) is 8.44. The summed E-state index contributed by atoms with van der Waals surface area (Å²) in [4.78, 5) is 21.4. The standard InChI is InChI=1S/C10H11NO4/c1-7(12)15-9-5-3-8(4-6-9)11-10(13)14-2/h3-6H,1-2H3,(H,11,13). The van der Waals surface area contributed by atoms with Gasteiger partial charge in [-0.1, -0.05) is 0 Å². The molecule has 0 heterocycles. The Morgan fingerprint density at radius 2 is 1.80 bits per heavy atom. The summed E-state index contributed by atoms with van der Waals surface area (Å²) in [5, 5.41) is 2.47. The minimum Gasteiger partial charge on any atom is -0.453 e. The molecule has 1 N–H and O–H groups in total. The summed E-state index contributed by atoms with van der Waals surface area (Å²) in [6, 6.07) is 6.36. The van der Waals surface area contributed by atoms with Crippen LogP contribution in [0.4, 0.5) is 10.5 Å². The number of esters is 1. The molecule has 0 saturated heterocycles. The Balaban J connectivity index is 2.64. The van der Waals surface area contributed by atoms with E-state index in [4.69, 9.17) is 4.74 Å². The molecular weight excluding hydrogens is 198 g/mol. The fourth-order valence-corrected chi connectivity index (χ4v) is 0.941. The van der Waals surface area contributed by atoms with Crippen molar-refractivity contribution in [3.05, 3.63) is 24.3 Å². The number of carbonyl (C=O) groups is 2. The van der Waals surface area contributed by atoms with Crippen LogP contribution >= 0.6 is 0 Å². The van der Waals surface area contributed by atoms with E-state index in [0.29, 0.717) is 11.4 Å². The van der Waals surface area contributed by atoms with Gasteiger partial charge in [-0.2, -0.15) is 0 Å². The van der Waals surface area contributed by atoms with E-state index in [9.17, 15) is 9.59 Å². The van der Waals surface area contributed by atoms with Crippen LogP contribution in [0.2, 0.25) is 0 Å². The highest BCUT2D eigenvalue weighted by atomic mass is 16.5. The Kier molecular flexibility index (Phi) is 3.68. The van der Waals surface area contributed by atoms with Crippen molar-refractivity contribution in [1.29, 1.82) is 0 Å². The summed E-state index contributed by atoms with van der Waals surface area (Å²) in [6.07, 6.45) is -0.546. The molecule has 5 nitrogen and oxygen atoms in total. The Hall–Kier alpha value is -2.04. The van der Waals surface area contributed by atoms with E-state index in [1.807, 2.05) is 0 Å². The lowest BCUT2D eigenvalue weighted by Gasteiger charge is -2.04. The van der Waals surface area contributed by atoms with Gasteiger partial charge < -0.3 is 9.47 Å². The number of ether oxygens (including phenoxy) is 2. The third-order valence-corrected chi connectivity index (χ3v) is 1.55. The van der Waals surface area contributed by atoms with Gasteiger partial charge in [-0.15, -0.1) is 0 Å². The molecule has 0 aliphatic heterocycles. The largest absolute Gasteiger partial charge is 0.453 e. The second-order valence-corrected chi connectivity index (χ2v) is 2.73. The first-order chi connectivity index (χ1) is 7.11. The van der Waals surface area contributed by atoms with Crippen LogP contribution in [0, 0.1) is 0 Å². The molecule has 80 valence electrons. The highest BCUT2D eigenvalue weighted by Gasteiger charge is 2.01. The molecule has 0 aliphatic rings. The molecule has 0 atom stereocenters. The van der Waals surface area contributed by atoms with Crippen LogP contribution in [-0.4, -0.2) is 19.2 Å². The number of rotatable bonds is 2. The highest BCUT2D eigenvalue weighted by molar-refractivity contribution is 5.84. The van der Waals surface area contributed by atoms with Gasteiger partial charge in [0.25, 0.3) is 0 Å². The van der Waals surface area contributed by atoms with Gasteiger partial charge in [0.2, 0.25) is 0 Å². The number of anilines is 1. The maximum Gasteiger partial charge on any atom is 0.411 e. The Bertz CT molecular complexity index is 358. The van der Waals surface area contributed by atoms with Crippen LogP contribution in [0.3, 0.4) is 0 Å². The number of nitrogens with one attached hydrogen (secondary N) is 1. The van der Waals surface area contributed by atoms with E-state index < -0.39 is 6.09 Å². The van der Waals surface area contributed by atoms with Crippen LogP contribution in [0.1, 0.15) is 6.92 Å². The third kappa shape index (κ3) is 3.68. The lowest BCUT2D eigenvalue weighted by Crippen LogP contribution is -2.10. The maximum absolute atomic E-state index is 10.8. The summed E-state index contributed by atoms with van der Waals surface area (Å²) in [6.45, 7) is 1.32. The van der Waals surface area contributed by atoms with Gasteiger partial charge in [-0.05, 0) is 24.3 Å². The number of carbonyl (C=O) groups excluding carboxylic acids is 2. The number of methoxy groups -OCH3 is 1. The van der Waals surface area contributed by atoms with Gasteiger partial charge in [0.05, 0.1) is 7.11 Å². The minimum atomic E-state index is -0.546. The van der Waals surface area contributed by atoms with Crippen molar-refractivity contribution in [3.8, 4) is 5.75 Å². The van der Waals surface area contributed by atoms with Gasteiger partial charge in [0.1, 0.15) is 5.75 Å². The number of amides is 1. The molecule has 0 unspecified atom stereocenters. The first kappa shape index (κ1) is 11.0. The predicted molar refractivity (Wildman–Crippen MR) is 53.8 cm³/mol. The molecule has 1 aromatic carbocycles. The summed E-state index contributed by atoms with van der Waals surface area (Å²) in [5.74, 6) is 0.0431. The zero-order chi connectivity index (χ0) is 11.3. The molecule has 0 spiro atoms. The molecule has 1 amide bonds. The van der Waals surface area contributed by atoms with E-state index in [1.54, 1.807) is 24.3 Å². The van der Waals surface area contributed by atoms with Crippen LogP contribution in [-0.2, 0) is 9.53 Å². The van der Waals surface area contributed by atoms with Gasteiger partial charge in [0, 0.05) is 12.6 Å². The van der Waals surface area contributed by atoms with Gasteiger partial charge in [-0.3, -0.25) is 10.1 Å². The number of hydrogen-bond acceptors (Lipinski definition) is 4. The molecule has 0 aromatic heterocycles. The molecule has 0 aliphatic carbocycles. The predicted octanol–water partition coefficient (Wildman–Crippen LogP) is 1.79. The lowest BCUT2D eigenvalue weighted by molar-refractivity contribution is -0.131. The molecule has 1 aromatic rings. The van der Waals surface area contributed by atoms with Crippen molar-refractivity contribution in [3.63, 3.8) is 0 Å². The summed E-state index contributed by atoms with van der Waals surface area (Å²) < 4.78 is 9.23. The van der Waals surface area contributed by atoms with Crippen molar-refractivity contribution >= 4 is 17.7 Å². The van der Waals surface area contributed by atoms with E-state index in [2.05, 4.69) is 10.1 Å². The van der Waals surface area contributed by atoms with E-state index in [-0.39, 0.29) is 5.97 Å². The molecule has 5 heteroatoms. The maximum atomic E-state index is 10.8. The normalized spacial score (nSPS) is 9.20. The van der Waals surface area contributed by atoms with Crippen molar-refractivity contribution in [2.24, 2.45) is 0 Å².